The molecule has 1 fully saturated rings. The molecular formula is C18H30N2O2S. The molecule has 0 amide bonds. The van der Waals surface area contributed by atoms with E-state index >= 15 is 0 Å². The zero-order chi connectivity index (χ0) is 17.2. The van der Waals surface area contributed by atoms with Gasteiger partial charge in [0.1, 0.15) is 0 Å². The molecular weight excluding hydrogens is 308 g/mol. The number of nitrogens with zero attached hydrogens (tertiary/aromatic N) is 1. The molecule has 0 heterocycles. The van der Waals surface area contributed by atoms with Gasteiger partial charge in [-0.25, -0.2) is 8.42 Å². The van der Waals surface area contributed by atoms with Crippen LogP contribution >= 0.6 is 0 Å². The van der Waals surface area contributed by atoms with Crippen molar-refractivity contribution in [3.05, 3.63) is 29.8 Å². The van der Waals surface area contributed by atoms with E-state index in [0.717, 1.165) is 24.8 Å². The van der Waals surface area contributed by atoms with Gasteiger partial charge in [-0.2, -0.15) is 0 Å². The second-order valence-electron chi connectivity index (χ2n) is 7.24. The third-order valence-corrected chi connectivity index (χ3v) is 7.08. The molecule has 1 aliphatic carbocycles. The van der Waals surface area contributed by atoms with Crippen LogP contribution in [0.3, 0.4) is 0 Å². The molecule has 4 nitrogen and oxygen atoms in total. The molecule has 1 aliphatic rings. The molecule has 0 saturated heterocycles. The normalized spacial score (nSPS) is 26.0. The quantitative estimate of drug-likeness (QED) is 0.896. The SMILES string of the molecule is Cc1ccc(S(=O)(=O)C[C@@H]2C[C@H](N(C)C(C)C)CC[C@@H]2N)cc1. The first-order chi connectivity index (χ1) is 10.7. The third kappa shape index (κ3) is 4.55. The molecule has 0 aliphatic heterocycles. The minimum absolute atomic E-state index is 0.0213. The summed E-state index contributed by atoms with van der Waals surface area (Å²) in [6.07, 6.45) is 2.81. The van der Waals surface area contributed by atoms with E-state index in [1.165, 1.54) is 0 Å². The lowest BCUT2D eigenvalue weighted by molar-refractivity contribution is 0.124. The fourth-order valence-electron chi connectivity index (χ4n) is 3.37. The highest BCUT2D eigenvalue weighted by molar-refractivity contribution is 7.91. The molecule has 5 heteroatoms. The van der Waals surface area contributed by atoms with Gasteiger partial charge in [-0.05, 0) is 65.1 Å². The van der Waals surface area contributed by atoms with Crippen molar-refractivity contribution >= 4 is 9.84 Å². The Morgan fingerprint density at radius 3 is 2.39 bits per heavy atom. The first-order valence-corrected chi connectivity index (χ1v) is 10.1. The summed E-state index contributed by atoms with van der Waals surface area (Å²) in [4.78, 5) is 2.76. The van der Waals surface area contributed by atoms with E-state index in [1.54, 1.807) is 12.1 Å². The van der Waals surface area contributed by atoms with E-state index in [0.29, 0.717) is 17.0 Å². The van der Waals surface area contributed by atoms with Crippen LogP contribution in [0.1, 0.15) is 38.7 Å². The number of sulfone groups is 1. The molecule has 0 unspecified atom stereocenters. The van der Waals surface area contributed by atoms with Crippen molar-refractivity contribution in [1.82, 2.24) is 4.90 Å². The lowest BCUT2D eigenvalue weighted by atomic mass is 9.82. The summed E-state index contributed by atoms with van der Waals surface area (Å²) < 4.78 is 25.4. The fraction of sp³-hybridized carbons (Fsp3) is 0.667. The lowest BCUT2D eigenvalue weighted by Crippen LogP contribution is -2.48. The maximum absolute atomic E-state index is 12.7. The second kappa shape index (κ2) is 7.32. The van der Waals surface area contributed by atoms with Crippen molar-refractivity contribution in [1.29, 1.82) is 0 Å². The number of hydrogen-bond donors (Lipinski definition) is 1. The van der Waals surface area contributed by atoms with Crippen molar-refractivity contribution in [2.45, 2.75) is 63.1 Å². The van der Waals surface area contributed by atoms with Crippen LogP contribution in [0.15, 0.2) is 29.2 Å². The minimum Gasteiger partial charge on any atom is -0.327 e. The van der Waals surface area contributed by atoms with Gasteiger partial charge in [0.2, 0.25) is 0 Å². The average molecular weight is 339 g/mol. The summed E-state index contributed by atoms with van der Waals surface area (Å²) in [5.74, 6) is 0.181. The number of rotatable bonds is 5. The summed E-state index contributed by atoms with van der Waals surface area (Å²) in [5.41, 5.74) is 7.31. The van der Waals surface area contributed by atoms with Gasteiger partial charge in [-0.15, -0.1) is 0 Å². The molecule has 2 N–H and O–H groups in total. The Bertz CT molecular complexity index is 610. The van der Waals surface area contributed by atoms with Gasteiger partial charge >= 0.3 is 0 Å². The molecule has 0 spiro atoms. The number of benzene rings is 1. The Hall–Kier alpha value is -0.910. The number of nitrogens with two attached hydrogens (primary N) is 1. The fourth-order valence-corrected chi connectivity index (χ4v) is 5.06. The zero-order valence-corrected chi connectivity index (χ0v) is 15.5. The maximum Gasteiger partial charge on any atom is 0.178 e. The molecule has 3 atom stereocenters. The Morgan fingerprint density at radius 2 is 1.83 bits per heavy atom. The number of aryl methyl sites for hydroxylation is 1. The van der Waals surface area contributed by atoms with Gasteiger partial charge in [0.15, 0.2) is 9.84 Å². The smallest absolute Gasteiger partial charge is 0.178 e. The van der Waals surface area contributed by atoms with Gasteiger partial charge in [-0.3, -0.25) is 0 Å². The van der Waals surface area contributed by atoms with E-state index in [4.69, 9.17) is 5.73 Å². The zero-order valence-electron chi connectivity index (χ0n) is 14.7. The Kier molecular flexibility index (Phi) is 5.87. The van der Waals surface area contributed by atoms with Gasteiger partial charge in [0.05, 0.1) is 10.6 Å². The molecule has 1 aromatic carbocycles. The molecule has 130 valence electrons. The first-order valence-electron chi connectivity index (χ1n) is 8.47. The molecule has 0 bridgehead atoms. The van der Waals surface area contributed by atoms with Crippen LogP contribution in [0.2, 0.25) is 0 Å². The predicted molar refractivity (Wildman–Crippen MR) is 95.2 cm³/mol. The van der Waals surface area contributed by atoms with Crippen LogP contribution in [-0.2, 0) is 9.84 Å². The Balaban J connectivity index is 2.11. The van der Waals surface area contributed by atoms with E-state index in [1.807, 2.05) is 19.1 Å². The van der Waals surface area contributed by atoms with Crippen LogP contribution in [0.5, 0.6) is 0 Å². The summed E-state index contributed by atoms with van der Waals surface area (Å²) in [5, 5.41) is 0. The second-order valence-corrected chi connectivity index (χ2v) is 9.28. The third-order valence-electron chi connectivity index (χ3n) is 5.22. The van der Waals surface area contributed by atoms with Crippen LogP contribution in [0, 0.1) is 12.8 Å². The highest BCUT2D eigenvalue weighted by Crippen LogP contribution is 2.30. The standard InChI is InChI=1S/C18H30N2O2S/c1-13(2)20(4)16-7-10-18(19)15(11-16)12-23(21,22)17-8-5-14(3)6-9-17/h5-6,8-9,13,15-16,18H,7,10-12,19H2,1-4H3/t15-,16+,18-/m0/s1. The molecule has 2 rings (SSSR count). The van der Waals surface area contributed by atoms with Crippen molar-refractivity contribution < 1.29 is 8.42 Å². The van der Waals surface area contributed by atoms with E-state index in [9.17, 15) is 8.42 Å². The first kappa shape index (κ1) is 18.4. The molecule has 1 aromatic rings. The summed E-state index contributed by atoms with van der Waals surface area (Å²) in [6.45, 7) is 6.30. The van der Waals surface area contributed by atoms with Crippen LogP contribution < -0.4 is 5.73 Å². The van der Waals surface area contributed by atoms with Crippen LogP contribution in [0.25, 0.3) is 0 Å². The van der Waals surface area contributed by atoms with E-state index < -0.39 is 9.84 Å². The summed E-state index contributed by atoms with van der Waals surface area (Å²) >= 11 is 0. The van der Waals surface area contributed by atoms with Gasteiger partial charge in [-0.1, -0.05) is 17.7 Å². The highest BCUT2D eigenvalue weighted by Gasteiger charge is 2.34. The van der Waals surface area contributed by atoms with Gasteiger partial charge < -0.3 is 10.6 Å². The van der Waals surface area contributed by atoms with E-state index in [-0.39, 0.29) is 17.7 Å². The molecule has 0 aromatic heterocycles. The Labute approximate surface area is 141 Å². The molecule has 1 saturated carbocycles. The Morgan fingerprint density at radius 1 is 1.22 bits per heavy atom. The van der Waals surface area contributed by atoms with Gasteiger partial charge in [0.25, 0.3) is 0 Å². The monoisotopic (exact) mass is 338 g/mol. The summed E-state index contributed by atoms with van der Waals surface area (Å²) in [6, 6.07) is 7.98. The van der Waals surface area contributed by atoms with Crippen molar-refractivity contribution in [2.75, 3.05) is 12.8 Å². The van der Waals surface area contributed by atoms with Gasteiger partial charge in [0, 0.05) is 18.1 Å². The maximum atomic E-state index is 12.7. The summed E-state index contributed by atoms with van der Waals surface area (Å²) in [7, 11) is -1.15. The largest absolute Gasteiger partial charge is 0.327 e. The topological polar surface area (TPSA) is 63.4 Å². The predicted octanol–water partition coefficient (Wildman–Crippen LogP) is 2.60. The highest BCUT2D eigenvalue weighted by atomic mass is 32.2. The van der Waals surface area contributed by atoms with Crippen molar-refractivity contribution in [3.63, 3.8) is 0 Å². The molecule has 0 radical (unpaired) electrons. The number of hydrogen-bond acceptors (Lipinski definition) is 4. The lowest BCUT2D eigenvalue weighted by Gasteiger charge is -2.40. The molecule has 23 heavy (non-hydrogen) atoms. The van der Waals surface area contributed by atoms with Crippen molar-refractivity contribution in [2.24, 2.45) is 11.7 Å². The average Bonchev–Trinajstić information content (AvgIpc) is 2.49. The van der Waals surface area contributed by atoms with Crippen LogP contribution in [-0.4, -0.2) is 44.2 Å². The van der Waals surface area contributed by atoms with Crippen molar-refractivity contribution in [3.8, 4) is 0 Å². The minimum atomic E-state index is -3.28. The van der Waals surface area contributed by atoms with Crippen LogP contribution in [0.4, 0.5) is 0 Å². The van der Waals surface area contributed by atoms with E-state index in [2.05, 4.69) is 25.8 Å².